The summed E-state index contributed by atoms with van der Waals surface area (Å²) in [6.45, 7) is 13.3. The first-order valence-electron chi connectivity index (χ1n) is 16.3. The van der Waals surface area contributed by atoms with Gasteiger partial charge in [0.1, 0.15) is 12.4 Å². The molecule has 1 rings (SSSR count). The van der Waals surface area contributed by atoms with Gasteiger partial charge in [0.2, 0.25) is 0 Å². The van der Waals surface area contributed by atoms with Gasteiger partial charge in [-0.1, -0.05) is 22.6 Å². The first kappa shape index (κ1) is 44.1. The third-order valence-corrected chi connectivity index (χ3v) is 6.13. The Labute approximate surface area is 294 Å². The summed E-state index contributed by atoms with van der Waals surface area (Å²) >= 11 is 2.28. The fourth-order valence-corrected chi connectivity index (χ4v) is 3.67. The quantitative estimate of drug-likeness (QED) is 0.0451. The van der Waals surface area contributed by atoms with E-state index >= 15 is 0 Å². The number of ether oxygens (including phenoxy) is 13. The van der Waals surface area contributed by atoms with Gasteiger partial charge in [-0.05, 0) is 24.3 Å². The summed E-state index contributed by atoms with van der Waals surface area (Å²) in [4.78, 5) is 0. The van der Waals surface area contributed by atoms with Crippen LogP contribution in [0.4, 0.5) is 5.69 Å². The fourth-order valence-electron chi connectivity index (χ4n) is 3.36. The number of alkyl halides is 1. The van der Waals surface area contributed by atoms with Gasteiger partial charge in [-0.3, -0.25) is 0 Å². The van der Waals surface area contributed by atoms with Crippen LogP contribution < -0.4 is 10.5 Å². The summed E-state index contributed by atoms with van der Waals surface area (Å²) in [6, 6.07) is 7.26. The summed E-state index contributed by atoms with van der Waals surface area (Å²) in [5.74, 6) is 0.772. The van der Waals surface area contributed by atoms with Crippen molar-refractivity contribution in [1.29, 1.82) is 0 Å². The lowest BCUT2D eigenvalue weighted by Crippen LogP contribution is -2.15. The van der Waals surface area contributed by atoms with Crippen LogP contribution in [0.1, 0.15) is 0 Å². The van der Waals surface area contributed by atoms with E-state index in [9.17, 15) is 0 Å². The highest BCUT2D eigenvalue weighted by Crippen LogP contribution is 2.12. The number of benzene rings is 1. The molecular formula is C32H58INO13. The van der Waals surface area contributed by atoms with E-state index in [1.165, 1.54) is 0 Å². The van der Waals surface area contributed by atoms with E-state index in [0.29, 0.717) is 164 Å². The number of nitrogen functional groups attached to an aromatic ring is 1. The monoisotopic (exact) mass is 791 g/mol. The minimum Gasteiger partial charge on any atom is -0.491 e. The van der Waals surface area contributed by atoms with Gasteiger partial charge in [-0.15, -0.1) is 0 Å². The van der Waals surface area contributed by atoms with Gasteiger partial charge in [0, 0.05) is 10.1 Å². The van der Waals surface area contributed by atoms with Crippen molar-refractivity contribution in [2.24, 2.45) is 0 Å². The summed E-state index contributed by atoms with van der Waals surface area (Å²) in [5.41, 5.74) is 6.35. The lowest BCUT2D eigenvalue weighted by molar-refractivity contribution is -0.0284. The van der Waals surface area contributed by atoms with Crippen LogP contribution in [0.5, 0.6) is 5.75 Å². The maximum absolute atomic E-state index is 5.64. The molecule has 0 aliphatic heterocycles. The maximum atomic E-state index is 5.64. The fraction of sp³-hybridized carbons (Fsp3) is 0.812. The standard InChI is InChI=1S/C32H58INO13/c33-5-6-35-7-8-36-9-10-37-11-12-38-13-14-39-15-16-40-17-18-41-19-20-42-21-22-43-23-24-44-25-26-45-27-28-46-29-30-47-32-3-1-31(34)2-4-32/h1-4H,5-30,34H2. The number of hydrogen-bond donors (Lipinski definition) is 1. The first-order valence-corrected chi connectivity index (χ1v) is 17.8. The first-order chi connectivity index (χ1) is 23.3. The number of hydrogen-bond acceptors (Lipinski definition) is 14. The normalized spacial score (nSPS) is 11.4. The highest BCUT2D eigenvalue weighted by atomic mass is 127. The second-order valence-corrected chi connectivity index (χ2v) is 10.5. The van der Waals surface area contributed by atoms with Crippen LogP contribution in [0.2, 0.25) is 0 Å². The van der Waals surface area contributed by atoms with Crippen LogP contribution in [0.25, 0.3) is 0 Å². The molecule has 1 aromatic rings. The lowest BCUT2D eigenvalue weighted by atomic mass is 10.3. The molecule has 0 saturated carbocycles. The van der Waals surface area contributed by atoms with Crippen molar-refractivity contribution >= 4 is 28.3 Å². The Bertz CT molecular complexity index is 739. The molecule has 0 aliphatic rings. The van der Waals surface area contributed by atoms with Gasteiger partial charge in [0.25, 0.3) is 0 Å². The van der Waals surface area contributed by atoms with Crippen molar-refractivity contribution in [2.45, 2.75) is 0 Å². The summed E-state index contributed by atoms with van der Waals surface area (Å²) in [6.07, 6.45) is 0. The minimum absolute atomic E-state index is 0.475. The van der Waals surface area contributed by atoms with Crippen molar-refractivity contribution < 1.29 is 61.6 Å². The third-order valence-electron chi connectivity index (χ3n) is 5.69. The zero-order chi connectivity index (χ0) is 33.6. The molecule has 0 amide bonds. The molecule has 276 valence electrons. The van der Waals surface area contributed by atoms with E-state index in [1.807, 2.05) is 12.1 Å². The molecule has 0 spiro atoms. The summed E-state index contributed by atoms with van der Waals surface area (Å²) < 4.78 is 72.0. The number of nitrogens with two attached hydrogens (primary N) is 1. The SMILES string of the molecule is Nc1ccc(OCCOCCOCCOCCOCCOCCOCCOCCOCCOCCOCCOCCOCCI)cc1. The molecule has 0 atom stereocenters. The van der Waals surface area contributed by atoms with Crippen molar-refractivity contribution in [1.82, 2.24) is 0 Å². The molecule has 47 heavy (non-hydrogen) atoms. The highest BCUT2D eigenvalue weighted by Gasteiger charge is 1.97. The Morgan fingerprint density at radius 1 is 0.319 bits per heavy atom. The second-order valence-electron chi connectivity index (χ2n) is 9.45. The number of halogens is 1. The second kappa shape index (κ2) is 37.9. The van der Waals surface area contributed by atoms with E-state index in [1.54, 1.807) is 12.1 Å². The van der Waals surface area contributed by atoms with Crippen LogP contribution in [0, 0.1) is 0 Å². The number of rotatable bonds is 39. The van der Waals surface area contributed by atoms with Crippen molar-refractivity contribution in [3.8, 4) is 5.75 Å². The highest BCUT2D eigenvalue weighted by molar-refractivity contribution is 14.1. The summed E-state index contributed by atoms with van der Waals surface area (Å²) in [5, 5.41) is 0. The molecule has 15 heteroatoms. The predicted octanol–water partition coefficient (Wildman–Crippen LogP) is 2.28. The Morgan fingerprint density at radius 2 is 0.532 bits per heavy atom. The Morgan fingerprint density at radius 3 is 0.766 bits per heavy atom. The minimum atomic E-state index is 0.475. The molecule has 1 aromatic carbocycles. The lowest BCUT2D eigenvalue weighted by Gasteiger charge is -2.09. The van der Waals surface area contributed by atoms with Gasteiger partial charge < -0.3 is 67.3 Å². The Balaban J connectivity index is 1.62. The zero-order valence-corrected chi connectivity index (χ0v) is 30.1. The molecule has 0 saturated heterocycles. The molecule has 0 unspecified atom stereocenters. The van der Waals surface area contributed by atoms with Crippen LogP contribution in [-0.4, -0.2) is 170 Å². The van der Waals surface area contributed by atoms with Gasteiger partial charge in [-0.25, -0.2) is 0 Å². The molecule has 2 N–H and O–H groups in total. The predicted molar refractivity (Wildman–Crippen MR) is 185 cm³/mol. The van der Waals surface area contributed by atoms with Crippen LogP contribution in [0.15, 0.2) is 24.3 Å². The molecular weight excluding hydrogens is 733 g/mol. The van der Waals surface area contributed by atoms with E-state index in [4.69, 9.17) is 67.3 Å². The van der Waals surface area contributed by atoms with Gasteiger partial charge in [0.05, 0.1) is 159 Å². The van der Waals surface area contributed by atoms with Crippen LogP contribution >= 0.6 is 22.6 Å². The smallest absolute Gasteiger partial charge is 0.119 e. The molecule has 0 bridgehead atoms. The number of anilines is 1. The summed E-state index contributed by atoms with van der Waals surface area (Å²) in [7, 11) is 0. The zero-order valence-electron chi connectivity index (χ0n) is 28.0. The largest absolute Gasteiger partial charge is 0.491 e. The molecule has 0 aliphatic carbocycles. The average Bonchev–Trinajstić information content (AvgIpc) is 3.08. The molecule has 14 nitrogen and oxygen atoms in total. The van der Waals surface area contributed by atoms with E-state index in [2.05, 4.69) is 22.6 Å². The van der Waals surface area contributed by atoms with Crippen molar-refractivity contribution in [2.75, 3.05) is 175 Å². The third kappa shape index (κ3) is 34.7. The maximum Gasteiger partial charge on any atom is 0.119 e. The molecule has 0 fully saturated rings. The van der Waals surface area contributed by atoms with Gasteiger partial charge in [0.15, 0.2) is 0 Å². The van der Waals surface area contributed by atoms with Gasteiger partial charge >= 0.3 is 0 Å². The molecule has 0 heterocycles. The topological polar surface area (TPSA) is 146 Å². The Hall–Kier alpha value is -0.930. The molecule has 0 aromatic heterocycles. The van der Waals surface area contributed by atoms with Crippen LogP contribution in [0.3, 0.4) is 0 Å². The van der Waals surface area contributed by atoms with Crippen LogP contribution in [-0.2, 0) is 56.8 Å². The van der Waals surface area contributed by atoms with E-state index < -0.39 is 0 Å². The van der Waals surface area contributed by atoms with Crippen molar-refractivity contribution in [3.63, 3.8) is 0 Å². The molecule has 0 radical (unpaired) electrons. The van der Waals surface area contributed by atoms with E-state index in [-0.39, 0.29) is 0 Å². The van der Waals surface area contributed by atoms with Gasteiger partial charge in [-0.2, -0.15) is 0 Å². The average molecular weight is 792 g/mol. The Kier molecular flexibility index (Phi) is 35.5. The van der Waals surface area contributed by atoms with Crippen molar-refractivity contribution in [3.05, 3.63) is 24.3 Å². The van der Waals surface area contributed by atoms with E-state index in [0.717, 1.165) is 16.8 Å².